The third kappa shape index (κ3) is 4.91. The van der Waals surface area contributed by atoms with Crippen molar-refractivity contribution in [3.8, 4) is 0 Å². The molecule has 0 saturated carbocycles. The van der Waals surface area contributed by atoms with E-state index in [1.54, 1.807) is 0 Å². The van der Waals surface area contributed by atoms with Crippen molar-refractivity contribution in [2.24, 2.45) is 0 Å². The molecule has 0 radical (unpaired) electrons. The number of aryl methyl sites for hydroxylation is 1. The summed E-state index contributed by atoms with van der Waals surface area (Å²) in [4.78, 5) is 2.30. The lowest BCUT2D eigenvalue weighted by Crippen LogP contribution is -2.25. The molecule has 2 aromatic rings. The molecule has 0 aromatic heterocycles. The van der Waals surface area contributed by atoms with Gasteiger partial charge in [0.2, 0.25) is 0 Å². The predicted octanol–water partition coefficient (Wildman–Crippen LogP) is 4.17. The van der Waals surface area contributed by atoms with E-state index < -0.39 is 0 Å². The first-order chi connectivity index (χ1) is 10.2. The summed E-state index contributed by atoms with van der Waals surface area (Å²) in [7, 11) is 2.15. The summed E-state index contributed by atoms with van der Waals surface area (Å²) in [6.07, 6.45) is 1.14. The van der Waals surface area contributed by atoms with Crippen molar-refractivity contribution in [1.82, 2.24) is 5.32 Å². The van der Waals surface area contributed by atoms with Crippen LogP contribution in [0.1, 0.15) is 30.5 Å². The van der Waals surface area contributed by atoms with Gasteiger partial charge in [-0.25, -0.2) is 0 Å². The van der Waals surface area contributed by atoms with Gasteiger partial charge in [-0.05, 0) is 44.5 Å². The average molecular weight is 282 g/mol. The Morgan fingerprint density at radius 2 is 1.81 bits per heavy atom. The van der Waals surface area contributed by atoms with E-state index in [1.165, 1.54) is 16.8 Å². The normalized spacial score (nSPS) is 12.1. The van der Waals surface area contributed by atoms with Gasteiger partial charge in [0.25, 0.3) is 0 Å². The molecule has 21 heavy (non-hydrogen) atoms. The zero-order valence-corrected chi connectivity index (χ0v) is 13.3. The van der Waals surface area contributed by atoms with Gasteiger partial charge >= 0.3 is 0 Å². The van der Waals surface area contributed by atoms with Gasteiger partial charge in [-0.15, -0.1) is 0 Å². The molecule has 2 rings (SSSR count). The molecule has 2 heteroatoms. The Hall–Kier alpha value is -1.80. The lowest BCUT2D eigenvalue weighted by atomic mass is 10.1. The fourth-order valence-electron chi connectivity index (χ4n) is 2.50. The summed E-state index contributed by atoms with van der Waals surface area (Å²) in [6.45, 7) is 6.48. The maximum atomic E-state index is 3.61. The third-order valence-electron chi connectivity index (χ3n) is 3.86. The number of hydrogen-bond donors (Lipinski definition) is 1. The van der Waals surface area contributed by atoms with E-state index in [1.807, 2.05) is 0 Å². The Kier molecular flexibility index (Phi) is 5.82. The van der Waals surface area contributed by atoms with E-state index in [0.29, 0.717) is 6.04 Å². The third-order valence-corrected chi connectivity index (χ3v) is 3.86. The Bertz CT molecular complexity index is 536. The summed E-state index contributed by atoms with van der Waals surface area (Å²) in [5, 5.41) is 3.61. The lowest BCUT2D eigenvalue weighted by Gasteiger charge is -2.20. The van der Waals surface area contributed by atoms with E-state index in [2.05, 4.69) is 85.7 Å². The minimum Gasteiger partial charge on any atom is -0.375 e. The van der Waals surface area contributed by atoms with Crippen molar-refractivity contribution in [2.45, 2.75) is 26.3 Å². The van der Waals surface area contributed by atoms with E-state index in [-0.39, 0.29) is 0 Å². The minimum absolute atomic E-state index is 0.409. The van der Waals surface area contributed by atoms with Gasteiger partial charge in [0.1, 0.15) is 0 Å². The maximum Gasteiger partial charge on any atom is 0.0363 e. The number of nitrogens with zero attached hydrogens (tertiary/aromatic N) is 1. The van der Waals surface area contributed by atoms with Crippen molar-refractivity contribution < 1.29 is 0 Å². The van der Waals surface area contributed by atoms with Crippen LogP contribution in [0.15, 0.2) is 54.6 Å². The van der Waals surface area contributed by atoms with Gasteiger partial charge in [0.05, 0.1) is 0 Å². The van der Waals surface area contributed by atoms with Crippen molar-refractivity contribution in [3.05, 3.63) is 65.7 Å². The highest BCUT2D eigenvalue weighted by Crippen LogP contribution is 2.14. The molecule has 0 fully saturated rings. The summed E-state index contributed by atoms with van der Waals surface area (Å²) in [5.74, 6) is 0. The lowest BCUT2D eigenvalue weighted by molar-refractivity contribution is 0.558. The zero-order chi connectivity index (χ0) is 15.1. The van der Waals surface area contributed by atoms with Crippen LogP contribution < -0.4 is 10.2 Å². The Morgan fingerprint density at radius 3 is 2.52 bits per heavy atom. The molecule has 0 aliphatic rings. The average Bonchev–Trinajstić information content (AvgIpc) is 2.52. The van der Waals surface area contributed by atoms with Crippen LogP contribution in [0.2, 0.25) is 0 Å². The first kappa shape index (κ1) is 15.6. The van der Waals surface area contributed by atoms with Crippen LogP contribution in [0.5, 0.6) is 0 Å². The molecule has 1 unspecified atom stereocenters. The molecule has 2 nitrogen and oxygen atoms in total. The van der Waals surface area contributed by atoms with E-state index >= 15 is 0 Å². The van der Waals surface area contributed by atoms with Crippen LogP contribution in [-0.2, 0) is 0 Å². The predicted molar refractivity (Wildman–Crippen MR) is 91.9 cm³/mol. The van der Waals surface area contributed by atoms with Crippen LogP contribution in [0.3, 0.4) is 0 Å². The van der Waals surface area contributed by atoms with Crippen LogP contribution in [0.4, 0.5) is 5.69 Å². The second kappa shape index (κ2) is 7.84. The minimum atomic E-state index is 0.409. The van der Waals surface area contributed by atoms with E-state index in [4.69, 9.17) is 0 Å². The molecular weight excluding hydrogens is 256 g/mol. The highest BCUT2D eigenvalue weighted by Gasteiger charge is 2.05. The van der Waals surface area contributed by atoms with Crippen LogP contribution in [-0.4, -0.2) is 20.1 Å². The van der Waals surface area contributed by atoms with Crippen molar-refractivity contribution >= 4 is 5.69 Å². The molecule has 0 saturated heterocycles. The second-order valence-corrected chi connectivity index (χ2v) is 5.70. The fourth-order valence-corrected chi connectivity index (χ4v) is 2.50. The standard InChI is InChI=1S/C19H26N2/c1-16-9-7-10-18(15-16)17(2)20-13-8-14-21(3)19-11-5-4-6-12-19/h4-7,9-12,15,17,20H,8,13-14H2,1-3H3. The van der Waals surface area contributed by atoms with Gasteiger partial charge in [0, 0.05) is 25.3 Å². The summed E-state index contributed by atoms with van der Waals surface area (Å²) < 4.78 is 0. The fraction of sp³-hybridized carbons (Fsp3) is 0.368. The maximum absolute atomic E-state index is 3.61. The van der Waals surface area contributed by atoms with Gasteiger partial charge in [-0.2, -0.15) is 0 Å². The monoisotopic (exact) mass is 282 g/mol. The number of para-hydroxylation sites is 1. The quantitative estimate of drug-likeness (QED) is 0.767. The number of nitrogens with one attached hydrogen (secondary N) is 1. The van der Waals surface area contributed by atoms with Gasteiger partial charge < -0.3 is 10.2 Å². The second-order valence-electron chi connectivity index (χ2n) is 5.70. The van der Waals surface area contributed by atoms with E-state index in [0.717, 1.165) is 19.5 Å². The number of anilines is 1. The summed E-state index contributed by atoms with van der Waals surface area (Å²) in [6, 6.07) is 19.7. The SMILES string of the molecule is Cc1cccc(C(C)NCCCN(C)c2ccccc2)c1. The first-order valence-electron chi connectivity index (χ1n) is 7.73. The number of benzene rings is 2. The molecule has 0 bridgehead atoms. The van der Waals surface area contributed by atoms with Crippen LogP contribution >= 0.6 is 0 Å². The van der Waals surface area contributed by atoms with Crippen LogP contribution in [0.25, 0.3) is 0 Å². The zero-order valence-electron chi connectivity index (χ0n) is 13.3. The van der Waals surface area contributed by atoms with Gasteiger partial charge in [-0.1, -0.05) is 48.0 Å². The Balaban J connectivity index is 1.72. The highest BCUT2D eigenvalue weighted by molar-refractivity contribution is 5.44. The topological polar surface area (TPSA) is 15.3 Å². The summed E-state index contributed by atoms with van der Waals surface area (Å²) in [5.41, 5.74) is 3.97. The van der Waals surface area contributed by atoms with Crippen LogP contribution in [0, 0.1) is 6.92 Å². The summed E-state index contributed by atoms with van der Waals surface area (Å²) >= 11 is 0. The van der Waals surface area contributed by atoms with Gasteiger partial charge in [0.15, 0.2) is 0 Å². The Labute approximate surface area is 128 Å². The molecule has 0 aliphatic carbocycles. The number of hydrogen-bond acceptors (Lipinski definition) is 2. The number of rotatable bonds is 7. The molecule has 2 aromatic carbocycles. The molecule has 0 heterocycles. The smallest absolute Gasteiger partial charge is 0.0363 e. The van der Waals surface area contributed by atoms with E-state index in [9.17, 15) is 0 Å². The molecular formula is C19H26N2. The molecule has 0 aliphatic heterocycles. The largest absolute Gasteiger partial charge is 0.375 e. The molecule has 0 spiro atoms. The Morgan fingerprint density at radius 1 is 1.05 bits per heavy atom. The van der Waals surface area contributed by atoms with Gasteiger partial charge in [-0.3, -0.25) is 0 Å². The molecule has 1 N–H and O–H groups in total. The van der Waals surface area contributed by atoms with Crippen molar-refractivity contribution in [1.29, 1.82) is 0 Å². The van der Waals surface area contributed by atoms with Crippen molar-refractivity contribution in [3.63, 3.8) is 0 Å². The highest BCUT2D eigenvalue weighted by atomic mass is 15.1. The molecule has 1 atom stereocenters. The molecule has 0 amide bonds. The first-order valence-corrected chi connectivity index (χ1v) is 7.73. The van der Waals surface area contributed by atoms with Crippen molar-refractivity contribution in [2.75, 3.05) is 25.0 Å². The molecule has 112 valence electrons.